The summed E-state index contributed by atoms with van der Waals surface area (Å²) in [5.41, 5.74) is 1.44. The van der Waals surface area contributed by atoms with Crippen molar-refractivity contribution in [3.05, 3.63) is 64.7 Å². The van der Waals surface area contributed by atoms with Crippen LogP contribution >= 0.6 is 11.6 Å². The summed E-state index contributed by atoms with van der Waals surface area (Å²) in [6, 6.07) is 11.5. The van der Waals surface area contributed by atoms with Crippen molar-refractivity contribution in [2.24, 2.45) is 5.14 Å². The number of sulfonamides is 1. The third-order valence-corrected chi connectivity index (χ3v) is 4.41. The van der Waals surface area contributed by atoms with Gasteiger partial charge in [-0.25, -0.2) is 13.6 Å². The number of primary sulfonamides is 1. The Morgan fingerprint density at radius 2 is 2.00 bits per heavy atom. The van der Waals surface area contributed by atoms with Crippen molar-refractivity contribution < 1.29 is 17.9 Å². The van der Waals surface area contributed by atoms with Crippen molar-refractivity contribution in [2.75, 3.05) is 7.11 Å². The highest BCUT2D eigenvalue weighted by Crippen LogP contribution is 2.24. The number of halogens is 1. The molecule has 2 N–H and O–H groups in total. The van der Waals surface area contributed by atoms with Crippen molar-refractivity contribution in [3.8, 4) is 5.75 Å². The van der Waals surface area contributed by atoms with Gasteiger partial charge in [-0.3, -0.25) is 4.79 Å². The van der Waals surface area contributed by atoms with E-state index in [9.17, 15) is 13.2 Å². The molecular formula is C17H16ClNO4S. The highest BCUT2D eigenvalue weighted by atomic mass is 35.5. The molecule has 7 heteroatoms. The molecule has 2 rings (SSSR count). The van der Waals surface area contributed by atoms with Gasteiger partial charge in [0.1, 0.15) is 10.6 Å². The maximum absolute atomic E-state index is 12.0. The van der Waals surface area contributed by atoms with Crippen LogP contribution in [0.3, 0.4) is 0 Å². The maximum Gasteiger partial charge on any atom is 0.241 e. The van der Waals surface area contributed by atoms with E-state index in [0.29, 0.717) is 10.6 Å². The molecule has 0 bridgehead atoms. The molecule has 24 heavy (non-hydrogen) atoms. The second-order valence-corrected chi connectivity index (χ2v) is 7.03. The minimum absolute atomic E-state index is 0.104. The van der Waals surface area contributed by atoms with Gasteiger partial charge in [0.2, 0.25) is 10.0 Å². The lowest BCUT2D eigenvalue weighted by Gasteiger charge is -2.07. The van der Waals surface area contributed by atoms with Crippen LogP contribution in [0.15, 0.2) is 53.4 Å². The molecule has 0 saturated heterocycles. The van der Waals surface area contributed by atoms with Gasteiger partial charge >= 0.3 is 0 Å². The Morgan fingerprint density at radius 3 is 2.62 bits per heavy atom. The fourth-order valence-corrected chi connectivity index (χ4v) is 3.01. The van der Waals surface area contributed by atoms with Crippen LogP contribution in [0.5, 0.6) is 5.75 Å². The van der Waals surface area contributed by atoms with E-state index in [1.165, 1.54) is 25.3 Å². The van der Waals surface area contributed by atoms with E-state index in [1.54, 1.807) is 30.3 Å². The van der Waals surface area contributed by atoms with Crippen LogP contribution in [0.2, 0.25) is 5.02 Å². The summed E-state index contributed by atoms with van der Waals surface area (Å²) in [7, 11) is -2.52. The molecule has 0 unspecified atom stereocenters. The SMILES string of the molecule is COc1cc(/C=C/C(=O)Cc2cccc(Cl)c2)ccc1S(N)(=O)=O. The maximum atomic E-state index is 12.0. The Balaban J connectivity index is 2.15. The van der Waals surface area contributed by atoms with Crippen molar-refractivity contribution in [1.29, 1.82) is 0 Å². The number of carbonyl (C=O) groups excluding carboxylic acids is 1. The number of ketones is 1. The zero-order valence-electron chi connectivity index (χ0n) is 12.9. The highest BCUT2D eigenvalue weighted by molar-refractivity contribution is 7.89. The smallest absolute Gasteiger partial charge is 0.241 e. The van der Waals surface area contributed by atoms with Gasteiger partial charge < -0.3 is 4.74 Å². The van der Waals surface area contributed by atoms with Crippen LogP contribution in [-0.2, 0) is 21.2 Å². The number of hydrogen-bond acceptors (Lipinski definition) is 4. The Labute approximate surface area is 145 Å². The number of ether oxygens (including phenoxy) is 1. The van der Waals surface area contributed by atoms with E-state index < -0.39 is 10.0 Å². The summed E-state index contributed by atoms with van der Waals surface area (Å²) >= 11 is 5.88. The molecular weight excluding hydrogens is 350 g/mol. The molecule has 0 amide bonds. The van der Waals surface area contributed by atoms with E-state index in [-0.39, 0.29) is 22.8 Å². The van der Waals surface area contributed by atoms with E-state index in [2.05, 4.69) is 0 Å². The topological polar surface area (TPSA) is 86.5 Å². The second-order valence-electron chi connectivity index (χ2n) is 5.06. The summed E-state index contributed by atoms with van der Waals surface area (Å²) in [4.78, 5) is 11.9. The van der Waals surface area contributed by atoms with Crippen LogP contribution in [0.25, 0.3) is 6.08 Å². The number of benzene rings is 2. The summed E-state index contributed by atoms with van der Waals surface area (Å²) < 4.78 is 27.9. The second kappa shape index (κ2) is 7.61. The lowest BCUT2D eigenvalue weighted by molar-refractivity contribution is -0.113. The van der Waals surface area contributed by atoms with Crippen LogP contribution < -0.4 is 9.88 Å². The Kier molecular flexibility index (Phi) is 5.77. The van der Waals surface area contributed by atoms with Crippen LogP contribution in [0, 0.1) is 0 Å². The first-order valence-corrected chi connectivity index (χ1v) is 8.88. The number of nitrogens with two attached hydrogens (primary N) is 1. The normalized spacial score (nSPS) is 11.6. The average Bonchev–Trinajstić information content (AvgIpc) is 2.51. The summed E-state index contributed by atoms with van der Waals surface area (Å²) in [6.07, 6.45) is 3.23. The molecule has 0 aliphatic rings. The molecule has 0 aliphatic carbocycles. The Hall–Kier alpha value is -2.15. The van der Waals surface area contributed by atoms with Gasteiger partial charge in [0.05, 0.1) is 7.11 Å². The van der Waals surface area contributed by atoms with Gasteiger partial charge in [-0.2, -0.15) is 0 Å². The van der Waals surface area contributed by atoms with Crippen LogP contribution in [0.1, 0.15) is 11.1 Å². The number of carbonyl (C=O) groups is 1. The zero-order chi connectivity index (χ0) is 17.7. The largest absolute Gasteiger partial charge is 0.495 e. The third kappa shape index (κ3) is 4.92. The minimum Gasteiger partial charge on any atom is -0.495 e. The van der Waals surface area contributed by atoms with Crippen molar-refractivity contribution in [1.82, 2.24) is 0 Å². The average molecular weight is 366 g/mol. The van der Waals surface area contributed by atoms with Crippen molar-refractivity contribution >= 4 is 33.5 Å². The number of allylic oxidation sites excluding steroid dienone is 1. The Morgan fingerprint density at radius 1 is 1.25 bits per heavy atom. The number of methoxy groups -OCH3 is 1. The summed E-state index contributed by atoms with van der Waals surface area (Å²) in [5.74, 6) is 0.0219. The van der Waals surface area contributed by atoms with Gasteiger partial charge in [0.25, 0.3) is 0 Å². The molecule has 2 aromatic rings. The van der Waals surface area contributed by atoms with Gasteiger partial charge in [0.15, 0.2) is 5.78 Å². The molecule has 0 aromatic heterocycles. The van der Waals surface area contributed by atoms with Gasteiger partial charge in [0, 0.05) is 11.4 Å². The van der Waals surface area contributed by atoms with Crippen LogP contribution in [-0.4, -0.2) is 21.3 Å². The lowest BCUT2D eigenvalue weighted by atomic mass is 10.1. The van der Waals surface area contributed by atoms with E-state index in [4.69, 9.17) is 21.5 Å². The molecule has 0 atom stereocenters. The Bertz CT molecular complexity index is 891. The predicted octanol–water partition coefficient (Wildman–Crippen LogP) is 2.82. The molecule has 0 saturated carbocycles. The molecule has 0 aliphatic heterocycles. The fraction of sp³-hybridized carbons (Fsp3) is 0.118. The first kappa shape index (κ1) is 18.2. The minimum atomic E-state index is -3.87. The van der Waals surface area contributed by atoms with Crippen LogP contribution in [0.4, 0.5) is 0 Å². The molecule has 126 valence electrons. The highest BCUT2D eigenvalue weighted by Gasteiger charge is 2.14. The first-order valence-electron chi connectivity index (χ1n) is 6.96. The van der Waals surface area contributed by atoms with Crippen molar-refractivity contribution in [2.45, 2.75) is 11.3 Å². The fourth-order valence-electron chi connectivity index (χ4n) is 2.12. The molecule has 0 radical (unpaired) electrons. The van der Waals surface area contributed by atoms with Gasteiger partial charge in [-0.15, -0.1) is 0 Å². The number of rotatable bonds is 6. The van der Waals surface area contributed by atoms with E-state index in [1.807, 2.05) is 6.07 Å². The molecule has 0 fully saturated rings. The number of hydrogen-bond donors (Lipinski definition) is 1. The first-order chi connectivity index (χ1) is 11.3. The monoisotopic (exact) mass is 365 g/mol. The van der Waals surface area contributed by atoms with E-state index >= 15 is 0 Å². The predicted molar refractivity (Wildman–Crippen MR) is 93.6 cm³/mol. The zero-order valence-corrected chi connectivity index (χ0v) is 14.5. The molecule has 0 spiro atoms. The quantitative estimate of drug-likeness (QED) is 0.797. The molecule has 0 heterocycles. The lowest BCUT2D eigenvalue weighted by Crippen LogP contribution is -2.13. The third-order valence-electron chi connectivity index (χ3n) is 3.22. The summed E-state index contributed by atoms with van der Waals surface area (Å²) in [5, 5.41) is 5.69. The molecule has 2 aromatic carbocycles. The summed E-state index contributed by atoms with van der Waals surface area (Å²) in [6.45, 7) is 0. The van der Waals surface area contributed by atoms with Gasteiger partial charge in [-0.05, 0) is 41.5 Å². The van der Waals surface area contributed by atoms with E-state index in [0.717, 1.165) is 5.56 Å². The standard InChI is InChI=1S/C17H16ClNO4S/c1-23-16-11-12(6-8-17(16)24(19,21)22)5-7-15(20)10-13-3-2-4-14(18)9-13/h2-9,11H,10H2,1H3,(H2,19,21,22)/b7-5+. The van der Waals surface area contributed by atoms with Crippen molar-refractivity contribution in [3.63, 3.8) is 0 Å². The van der Waals surface area contributed by atoms with Gasteiger partial charge in [-0.1, -0.05) is 35.9 Å². The molecule has 5 nitrogen and oxygen atoms in total.